The van der Waals surface area contributed by atoms with Gasteiger partial charge in [0.25, 0.3) is 0 Å². The fourth-order valence-corrected chi connectivity index (χ4v) is 5.76. The van der Waals surface area contributed by atoms with Crippen LogP contribution in [0.5, 0.6) is 0 Å². The van der Waals surface area contributed by atoms with Crippen molar-refractivity contribution in [2.75, 3.05) is 50.8 Å². The van der Waals surface area contributed by atoms with Crippen molar-refractivity contribution in [2.24, 2.45) is 0 Å². The molecule has 1 aliphatic heterocycles. The first-order valence-electron chi connectivity index (χ1n) is 13.1. The Hall–Kier alpha value is -3.30. The average Bonchev–Trinajstić information content (AvgIpc) is 2.97. The number of pyridine rings is 1. The smallest absolute Gasteiger partial charge is 0.240 e. The zero-order chi connectivity index (χ0) is 26.4. The molecule has 0 saturated carbocycles. The van der Waals surface area contributed by atoms with Crippen LogP contribution >= 0.6 is 0 Å². The standard InChI is InChI=1S/C30H34N4O3S/c1-2-33-17-19-34(20-18-33)30-28-11-7-6-10-26(28)22-29(32-30)25-12-14-27(15-13-25)38(35,36)31-16-21-37-23-24-8-4-3-5-9-24/h3-15,22,31H,2,16-21,23H2,1H3. The normalized spacial score (nSPS) is 14.7. The second-order valence-corrected chi connectivity index (χ2v) is 11.2. The van der Waals surface area contributed by atoms with Gasteiger partial charge < -0.3 is 14.5 Å². The Morgan fingerprint density at radius 1 is 0.895 bits per heavy atom. The number of hydrogen-bond acceptors (Lipinski definition) is 6. The molecular weight excluding hydrogens is 496 g/mol. The number of rotatable bonds is 10. The van der Waals surface area contributed by atoms with Gasteiger partial charge in [-0.2, -0.15) is 0 Å². The molecule has 2 heterocycles. The highest BCUT2D eigenvalue weighted by Gasteiger charge is 2.20. The lowest BCUT2D eigenvalue weighted by Gasteiger charge is -2.35. The van der Waals surface area contributed by atoms with Crippen molar-refractivity contribution in [3.05, 3.63) is 90.5 Å². The zero-order valence-electron chi connectivity index (χ0n) is 21.7. The molecule has 7 nitrogen and oxygen atoms in total. The molecule has 0 unspecified atom stereocenters. The number of aromatic nitrogens is 1. The van der Waals surface area contributed by atoms with Crippen LogP contribution in [0.15, 0.2) is 89.8 Å². The molecule has 1 N–H and O–H groups in total. The highest BCUT2D eigenvalue weighted by atomic mass is 32.2. The average molecular weight is 531 g/mol. The summed E-state index contributed by atoms with van der Waals surface area (Å²) in [4.78, 5) is 10.1. The van der Waals surface area contributed by atoms with Crippen LogP contribution in [0.3, 0.4) is 0 Å². The summed E-state index contributed by atoms with van der Waals surface area (Å²) in [6.07, 6.45) is 0. The van der Waals surface area contributed by atoms with Crippen molar-refractivity contribution in [1.82, 2.24) is 14.6 Å². The molecule has 1 fully saturated rings. The summed E-state index contributed by atoms with van der Waals surface area (Å²) >= 11 is 0. The number of sulfonamides is 1. The molecule has 1 saturated heterocycles. The molecule has 0 spiro atoms. The summed E-state index contributed by atoms with van der Waals surface area (Å²) in [5.41, 5.74) is 2.77. The highest BCUT2D eigenvalue weighted by Crippen LogP contribution is 2.31. The lowest BCUT2D eigenvalue weighted by molar-refractivity contribution is 0.126. The Labute approximate surface area is 225 Å². The summed E-state index contributed by atoms with van der Waals surface area (Å²) in [5, 5.41) is 2.26. The summed E-state index contributed by atoms with van der Waals surface area (Å²) in [7, 11) is -3.64. The first-order chi connectivity index (χ1) is 18.5. The van der Waals surface area contributed by atoms with Gasteiger partial charge in [0.1, 0.15) is 5.82 Å². The van der Waals surface area contributed by atoms with Crippen LogP contribution < -0.4 is 9.62 Å². The van der Waals surface area contributed by atoms with Crippen molar-refractivity contribution in [3.63, 3.8) is 0 Å². The van der Waals surface area contributed by atoms with Gasteiger partial charge in [-0.3, -0.25) is 0 Å². The van der Waals surface area contributed by atoms with Gasteiger partial charge in [0, 0.05) is 43.7 Å². The predicted molar refractivity (Wildman–Crippen MR) is 153 cm³/mol. The minimum Gasteiger partial charge on any atom is -0.375 e. The first kappa shape index (κ1) is 26.3. The number of anilines is 1. The fraction of sp³-hybridized carbons (Fsp3) is 0.300. The summed E-state index contributed by atoms with van der Waals surface area (Å²) in [6.45, 7) is 8.13. The minimum atomic E-state index is -3.64. The second-order valence-electron chi connectivity index (χ2n) is 9.43. The van der Waals surface area contributed by atoms with E-state index in [2.05, 4.69) is 45.7 Å². The number of benzene rings is 3. The molecule has 1 aromatic heterocycles. The molecule has 8 heteroatoms. The number of nitrogens with one attached hydrogen (secondary N) is 1. The molecule has 1 aliphatic rings. The Morgan fingerprint density at radius 3 is 2.34 bits per heavy atom. The van der Waals surface area contributed by atoms with Crippen LogP contribution in [0.25, 0.3) is 22.0 Å². The fourth-order valence-electron chi connectivity index (χ4n) is 4.75. The Balaban J connectivity index is 1.28. The third kappa shape index (κ3) is 6.22. The van der Waals surface area contributed by atoms with E-state index in [1.54, 1.807) is 12.1 Å². The number of hydrogen-bond donors (Lipinski definition) is 1. The lowest BCUT2D eigenvalue weighted by atomic mass is 10.1. The van der Waals surface area contributed by atoms with Gasteiger partial charge >= 0.3 is 0 Å². The molecule has 4 aromatic rings. The van der Waals surface area contributed by atoms with E-state index in [4.69, 9.17) is 9.72 Å². The number of ether oxygens (including phenoxy) is 1. The zero-order valence-corrected chi connectivity index (χ0v) is 22.5. The summed E-state index contributed by atoms with van der Waals surface area (Å²) in [5.74, 6) is 0.989. The van der Waals surface area contributed by atoms with Crippen LogP contribution in [0.4, 0.5) is 5.82 Å². The Kier molecular flexibility index (Phi) is 8.34. The van der Waals surface area contributed by atoms with Crippen LogP contribution in [0.2, 0.25) is 0 Å². The molecule has 0 bridgehead atoms. The van der Waals surface area contributed by atoms with Crippen LogP contribution in [-0.4, -0.2) is 64.2 Å². The SMILES string of the molecule is CCN1CCN(c2nc(-c3ccc(S(=O)(=O)NCCOCc4ccccc4)cc3)cc3ccccc23)CC1. The molecule has 198 valence electrons. The lowest BCUT2D eigenvalue weighted by Crippen LogP contribution is -2.46. The predicted octanol–water partition coefficient (Wildman–Crippen LogP) is 4.54. The van der Waals surface area contributed by atoms with E-state index in [0.717, 1.165) is 66.1 Å². The number of likely N-dealkylation sites (N-methyl/N-ethyl adjacent to an activating group) is 1. The monoisotopic (exact) mass is 530 g/mol. The maximum Gasteiger partial charge on any atom is 0.240 e. The summed E-state index contributed by atoms with van der Waals surface area (Å²) in [6, 6.07) is 27.1. The van der Waals surface area contributed by atoms with Crippen LogP contribution in [0, 0.1) is 0 Å². The van der Waals surface area contributed by atoms with E-state index in [1.165, 1.54) is 0 Å². The van der Waals surface area contributed by atoms with Crippen molar-refractivity contribution < 1.29 is 13.2 Å². The van der Waals surface area contributed by atoms with E-state index in [9.17, 15) is 8.42 Å². The molecule has 38 heavy (non-hydrogen) atoms. The maximum absolute atomic E-state index is 12.8. The van der Waals surface area contributed by atoms with Crippen molar-refractivity contribution in [1.29, 1.82) is 0 Å². The van der Waals surface area contributed by atoms with Gasteiger partial charge in [-0.15, -0.1) is 0 Å². The number of nitrogens with zero attached hydrogens (tertiary/aromatic N) is 3. The minimum absolute atomic E-state index is 0.206. The van der Waals surface area contributed by atoms with E-state index >= 15 is 0 Å². The third-order valence-electron chi connectivity index (χ3n) is 6.95. The van der Waals surface area contributed by atoms with Crippen LogP contribution in [-0.2, 0) is 21.4 Å². The van der Waals surface area contributed by atoms with Gasteiger partial charge in [0.05, 0.1) is 23.8 Å². The molecule has 0 amide bonds. The van der Waals surface area contributed by atoms with Gasteiger partial charge in [0.2, 0.25) is 10.0 Å². The third-order valence-corrected chi connectivity index (χ3v) is 8.43. The van der Waals surface area contributed by atoms with E-state index in [1.807, 2.05) is 48.5 Å². The Bertz CT molecular complexity index is 1450. The van der Waals surface area contributed by atoms with Crippen molar-refractivity contribution >= 4 is 26.6 Å². The Morgan fingerprint density at radius 2 is 1.61 bits per heavy atom. The van der Waals surface area contributed by atoms with Crippen molar-refractivity contribution in [3.8, 4) is 11.3 Å². The van der Waals surface area contributed by atoms with E-state index in [-0.39, 0.29) is 11.4 Å². The maximum atomic E-state index is 12.8. The van der Waals surface area contributed by atoms with Crippen molar-refractivity contribution in [2.45, 2.75) is 18.4 Å². The van der Waals surface area contributed by atoms with Gasteiger partial charge in [0.15, 0.2) is 0 Å². The van der Waals surface area contributed by atoms with Crippen LogP contribution in [0.1, 0.15) is 12.5 Å². The topological polar surface area (TPSA) is 74.8 Å². The molecule has 0 radical (unpaired) electrons. The van der Waals surface area contributed by atoms with Gasteiger partial charge in [-0.1, -0.05) is 73.7 Å². The van der Waals surface area contributed by atoms with Gasteiger partial charge in [-0.25, -0.2) is 18.1 Å². The largest absolute Gasteiger partial charge is 0.375 e. The highest BCUT2D eigenvalue weighted by molar-refractivity contribution is 7.89. The quantitative estimate of drug-likeness (QED) is 0.304. The number of piperazine rings is 1. The van der Waals surface area contributed by atoms with Gasteiger partial charge in [-0.05, 0) is 35.7 Å². The summed E-state index contributed by atoms with van der Waals surface area (Å²) < 4.78 is 33.8. The molecule has 0 aliphatic carbocycles. The van der Waals surface area contributed by atoms with E-state index in [0.29, 0.717) is 13.2 Å². The van der Waals surface area contributed by atoms with E-state index < -0.39 is 10.0 Å². The molecule has 0 atom stereocenters. The number of fused-ring (bicyclic) bond motifs is 1. The first-order valence-corrected chi connectivity index (χ1v) is 14.6. The second kappa shape index (κ2) is 12.0. The molecule has 5 rings (SSSR count). The molecule has 3 aromatic carbocycles. The molecular formula is C30H34N4O3S.